The molecule has 0 unspecified atom stereocenters. The first kappa shape index (κ1) is 21.8. The molecule has 0 fully saturated rings. The van der Waals surface area contributed by atoms with E-state index in [1.807, 2.05) is 81.4 Å². The molecule has 0 radical (unpaired) electrons. The number of hydrazone groups is 1. The summed E-state index contributed by atoms with van der Waals surface area (Å²) in [5.74, 6) is 0.259. The minimum absolute atomic E-state index is 0.0853. The molecule has 1 aliphatic carbocycles. The van der Waals surface area contributed by atoms with Crippen molar-refractivity contribution < 1.29 is 19.1 Å². The summed E-state index contributed by atoms with van der Waals surface area (Å²) in [6.07, 6.45) is 2.52. The van der Waals surface area contributed by atoms with E-state index in [9.17, 15) is 9.59 Å². The maximum atomic E-state index is 13.6. The monoisotopic (exact) mass is 432 g/mol. The van der Waals surface area contributed by atoms with Crippen LogP contribution in [-0.4, -0.2) is 35.2 Å². The molecule has 0 N–H and O–H groups in total. The number of carbonyl (C=O) groups excluding carboxylic acids is 2. The summed E-state index contributed by atoms with van der Waals surface area (Å²) >= 11 is 0. The number of allylic oxidation sites excluding steroid dienone is 1. The van der Waals surface area contributed by atoms with Crippen LogP contribution in [-0.2, 0) is 20.9 Å². The molecule has 1 amide bonds. The highest BCUT2D eigenvalue weighted by Gasteiger charge is 2.56. The van der Waals surface area contributed by atoms with Gasteiger partial charge in [-0.2, -0.15) is 5.10 Å². The molecule has 0 saturated heterocycles. The lowest BCUT2D eigenvalue weighted by Crippen LogP contribution is -2.45. The zero-order chi connectivity index (χ0) is 22.9. The van der Waals surface area contributed by atoms with Crippen molar-refractivity contribution in [1.29, 1.82) is 0 Å². The van der Waals surface area contributed by atoms with Gasteiger partial charge >= 0.3 is 5.97 Å². The number of hydrogen-bond acceptors (Lipinski definition) is 5. The summed E-state index contributed by atoms with van der Waals surface area (Å²) in [7, 11) is 1.61. The van der Waals surface area contributed by atoms with E-state index < -0.39 is 11.0 Å². The van der Waals surface area contributed by atoms with Crippen LogP contribution in [0.4, 0.5) is 0 Å². The zero-order valence-corrected chi connectivity index (χ0v) is 18.9. The second-order valence-electron chi connectivity index (χ2n) is 9.22. The molecule has 1 spiro atoms. The van der Waals surface area contributed by atoms with E-state index in [-0.39, 0.29) is 24.9 Å². The van der Waals surface area contributed by atoms with E-state index in [2.05, 4.69) is 0 Å². The van der Waals surface area contributed by atoms with Gasteiger partial charge in [-0.05, 0) is 69.0 Å². The predicted molar refractivity (Wildman–Crippen MR) is 122 cm³/mol. The number of carbonyl (C=O) groups is 2. The van der Waals surface area contributed by atoms with Gasteiger partial charge in [0, 0.05) is 5.57 Å². The van der Waals surface area contributed by atoms with E-state index in [0.29, 0.717) is 17.7 Å². The van der Waals surface area contributed by atoms with Crippen LogP contribution in [0.1, 0.15) is 44.7 Å². The Morgan fingerprint density at radius 2 is 1.78 bits per heavy atom. The summed E-state index contributed by atoms with van der Waals surface area (Å²) in [4.78, 5) is 26.4. The fourth-order valence-corrected chi connectivity index (χ4v) is 4.16. The van der Waals surface area contributed by atoms with Crippen LogP contribution in [0.2, 0.25) is 0 Å². The van der Waals surface area contributed by atoms with Gasteiger partial charge in [-0.25, -0.2) is 9.80 Å². The van der Waals surface area contributed by atoms with Crippen LogP contribution in [0.15, 0.2) is 71.3 Å². The van der Waals surface area contributed by atoms with Crippen molar-refractivity contribution in [3.8, 4) is 5.75 Å². The third-order valence-corrected chi connectivity index (χ3v) is 5.92. The van der Waals surface area contributed by atoms with Crippen molar-refractivity contribution in [1.82, 2.24) is 5.01 Å². The van der Waals surface area contributed by atoms with Gasteiger partial charge < -0.3 is 9.47 Å². The Bertz CT molecular complexity index is 1080. The first-order chi connectivity index (χ1) is 15.2. The molecule has 1 heterocycles. The first-order valence-electron chi connectivity index (χ1n) is 10.7. The Hall–Kier alpha value is -3.41. The third kappa shape index (κ3) is 3.93. The van der Waals surface area contributed by atoms with Gasteiger partial charge in [0.15, 0.2) is 0 Å². The number of nitrogens with zero attached hydrogens (tertiary/aromatic N) is 2. The van der Waals surface area contributed by atoms with Crippen LogP contribution < -0.4 is 4.74 Å². The predicted octanol–water partition coefficient (Wildman–Crippen LogP) is 4.49. The highest BCUT2D eigenvalue weighted by atomic mass is 16.5. The van der Waals surface area contributed by atoms with Crippen LogP contribution >= 0.6 is 0 Å². The van der Waals surface area contributed by atoms with E-state index in [1.165, 1.54) is 0 Å². The summed E-state index contributed by atoms with van der Waals surface area (Å²) in [5, 5.41) is 6.32. The second-order valence-corrected chi connectivity index (χ2v) is 9.22. The van der Waals surface area contributed by atoms with Crippen LogP contribution in [0, 0.1) is 5.41 Å². The molecule has 0 saturated carbocycles. The molecule has 2 aromatic rings. The topological polar surface area (TPSA) is 68.2 Å². The summed E-state index contributed by atoms with van der Waals surface area (Å²) < 4.78 is 10.8. The van der Waals surface area contributed by atoms with Crippen molar-refractivity contribution in [2.24, 2.45) is 10.5 Å². The Balaban J connectivity index is 1.59. The molecule has 0 aromatic heterocycles. The quantitative estimate of drug-likeness (QED) is 0.653. The van der Waals surface area contributed by atoms with Gasteiger partial charge in [0.05, 0.1) is 18.4 Å². The molecule has 166 valence electrons. The minimum Gasteiger partial charge on any atom is -0.497 e. The van der Waals surface area contributed by atoms with Crippen LogP contribution in [0.25, 0.3) is 0 Å². The highest BCUT2D eigenvalue weighted by Crippen LogP contribution is 2.47. The molecule has 6 nitrogen and oxygen atoms in total. The summed E-state index contributed by atoms with van der Waals surface area (Å²) in [6.45, 7) is 6.06. The lowest BCUT2D eigenvalue weighted by Gasteiger charge is -2.31. The number of benzene rings is 2. The third-order valence-electron chi connectivity index (χ3n) is 5.92. The zero-order valence-electron chi connectivity index (χ0n) is 18.9. The fourth-order valence-electron chi connectivity index (χ4n) is 4.16. The largest absolute Gasteiger partial charge is 0.497 e. The fraction of sp³-hybridized carbons (Fsp3) is 0.346. The Morgan fingerprint density at radius 3 is 2.41 bits per heavy atom. The number of rotatable bonds is 5. The maximum Gasteiger partial charge on any atom is 0.334 e. The minimum atomic E-state index is -0.900. The Kier molecular flexibility index (Phi) is 5.63. The number of esters is 1. The molecular formula is C26H28N2O4. The molecule has 0 bridgehead atoms. The summed E-state index contributed by atoms with van der Waals surface area (Å²) in [5.41, 5.74) is 1.59. The molecule has 6 heteroatoms. The normalized spacial score (nSPS) is 20.4. The average Bonchev–Trinajstić information content (AvgIpc) is 3.36. The van der Waals surface area contributed by atoms with Gasteiger partial charge in [-0.3, -0.25) is 4.79 Å². The summed E-state index contributed by atoms with van der Waals surface area (Å²) in [6, 6.07) is 17.1. The standard InChI is InChI=1S/C26H28N2O4/c1-25(2,3)28-24(30)26(22(27-28)19-10-12-21(31-4)13-11-19)15-14-20(16-26)23(29)32-17-18-8-6-5-7-9-18/h5-14H,15-17H2,1-4H3/t26-/m1/s1. The second kappa shape index (κ2) is 8.26. The SMILES string of the molecule is COc1ccc(C2=NN(C(C)(C)C)C(=O)[C@@]23CC=C(C(=O)OCc2ccccc2)C3)cc1. The van der Waals surface area contributed by atoms with Gasteiger partial charge in [0.2, 0.25) is 0 Å². The van der Waals surface area contributed by atoms with Crippen LogP contribution in [0.5, 0.6) is 5.75 Å². The number of amides is 1. The van der Waals surface area contributed by atoms with Crippen molar-refractivity contribution in [2.75, 3.05) is 7.11 Å². The maximum absolute atomic E-state index is 13.6. The van der Waals surface area contributed by atoms with Gasteiger partial charge in [0.1, 0.15) is 17.8 Å². The molecule has 2 aromatic carbocycles. The number of hydrogen-bond donors (Lipinski definition) is 0. The molecule has 1 aliphatic heterocycles. The molecule has 1 atom stereocenters. The van der Waals surface area contributed by atoms with Crippen molar-refractivity contribution in [3.63, 3.8) is 0 Å². The molecule has 2 aliphatic rings. The van der Waals surface area contributed by atoms with Crippen LogP contribution in [0.3, 0.4) is 0 Å². The van der Waals surface area contributed by atoms with Gasteiger partial charge in [-0.1, -0.05) is 36.4 Å². The number of ether oxygens (including phenoxy) is 2. The molecule has 4 rings (SSSR count). The van der Waals surface area contributed by atoms with E-state index in [4.69, 9.17) is 14.6 Å². The lowest BCUT2D eigenvalue weighted by atomic mass is 9.76. The Morgan fingerprint density at radius 1 is 1.09 bits per heavy atom. The molecular weight excluding hydrogens is 404 g/mol. The first-order valence-corrected chi connectivity index (χ1v) is 10.7. The van der Waals surface area contributed by atoms with Gasteiger partial charge in [-0.15, -0.1) is 0 Å². The average molecular weight is 433 g/mol. The number of methoxy groups -OCH3 is 1. The van der Waals surface area contributed by atoms with Crippen molar-refractivity contribution in [2.45, 2.75) is 45.8 Å². The Labute approximate surface area is 188 Å². The lowest BCUT2D eigenvalue weighted by molar-refractivity contribution is -0.141. The van der Waals surface area contributed by atoms with E-state index >= 15 is 0 Å². The smallest absolute Gasteiger partial charge is 0.334 e. The molecule has 32 heavy (non-hydrogen) atoms. The van der Waals surface area contributed by atoms with Crippen molar-refractivity contribution >= 4 is 17.6 Å². The van der Waals surface area contributed by atoms with Gasteiger partial charge in [0.25, 0.3) is 5.91 Å². The van der Waals surface area contributed by atoms with E-state index in [1.54, 1.807) is 12.1 Å². The van der Waals surface area contributed by atoms with Crippen molar-refractivity contribution in [3.05, 3.63) is 77.4 Å². The van der Waals surface area contributed by atoms with E-state index in [0.717, 1.165) is 16.9 Å². The highest BCUT2D eigenvalue weighted by molar-refractivity contribution is 6.21.